The Morgan fingerprint density at radius 3 is 2.77 bits per heavy atom. The second kappa shape index (κ2) is 8.20. The summed E-state index contributed by atoms with van der Waals surface area (Å²) in [5.41, 5.74) is 1.53. The predicted octanol–water partition coefficient (Wildman–Crippen LogP) is 4.85. The predicted molar refractivity (Wildman–Crippen MR) is 114 cm³/mol. The molecule has 2 amide bonds. The van der Waals surface area contributed by atoms with Crippen molar-refractivity contribution in [2.75, 3.05) is 22.1 Å². The summed E-state index contributed by atoms with van der Waals surface area (Å²) >= 11 is 6.21. The van der Waals surface area contributed by atoms with Gasteiger partial charge >= 0.3 is 0 Å². The molecule has 6 nitrogen and oxygen atoms in total. The molecular formula is C22H19ClFN3O3. The molecule has 1 aliphatic heterocycles. The number of nitrogens with one attached hydrogen (secondary N) is 2. The van der Waals surface area contributed by atoms with Gasteiger partial charge in [0.05, 0.1) is 28.2 Å². The Morgan fingerprint density at radius 2 is 2.03 bits per heavy atom. The number of hydrogen-bond donors (Lipinski definition) is 2. The highest BCUT2D eigenvalue weighted by Gasteiger charge is 2.33. The molecule has 0 bridgehead atoms. The second-order valence-corrected chi connectivity index (χ2v) is 7.37. The molecule has 30 heavy (non-hydrogen) atoms. The highest BCUT2D eigenvalue weighted by atomic mass is 35.5. The van der Waals surface area contributed by atoms with Crippen LogP contribution in [0, 0.1) is 12.7 Å². The number of para-hydroxylation sites is 1. The number of aryl methyl sites for hydroxylation is 1. The van der Waals surface area contributed by atoms with Crippen molar-refractivity contribution >= 4 is 40.5 Å². The Labute approximate surface area is 177 Å². The van der Waals surface area contributed by atoms with Crippen molar-refractivity contribution in [3.05, 3.63) is 77.0 Å². The topological polar surface area (TPSA) is 74.6 Å². The van der Waals surface area contributed by atoms with Crippen molar-refractivity contribution in [1.29, 1.82) is 0 Å². The van der Waals surface area contributed by atoms with Gasteiger partial charge in [0.25, 0.3) is 5.91 Å². The zero-order chi connectivity index (χ0) is 21.3. The first kappa shape index (κ1) is 20.0. The van der Waals surface area contributed by atoms with Crippen LogP contribution in [0.1, 0.15) is 22.5 Å². The van der Waals surface area contributed by atoms with Crippen molar-refractivity contribution in [2.24, 2.45) is 0 Å². The van der Waals surface area contributed by atoms with Gasteiger partial charge in [-0.15, -0.1) is 0 Å². The minimum Gasteiger partial charge on any atom is -0.469 e. The molecule has 1 atom stereocenters. The van der Waals surface area contributed by atoms with Crippen LogP contribution in [-0.4, -0.2) is 24.4 Å². The fourth-order valence-corrected chi connectivity index (χ4v) is 3.68. The second-order valence-electron chi connectivity index (χ2n) is 6.97. The van der Waals surface area contributed by atoms with Gasteiger partial charge in [0.2, 0.25) is 5.91 Å². The summed E-state index contributed by atoms with van der Waals surface area (Å²) in [6.45, 7) is 2.17. The third-order valence-electron chi connectivity index (χ3n) is 5.01. The minimum absolute atomic E-state index is 0.0130. The van der Waals surface area contributed by atoms with Crippen LogP contribution in [0.25, 0.3) is 0 Å². The van der Waals surface area contributed by atoms with Crippen molar-refractivity contribution in [1.82, 2.24) is 0 Å². The minimum atomic E-state index is -0.578. The number of anilines is 3. The first-order chi connectivity index (χ1) is 14.4. The van der Waals surface area contributed by atoms with Crippen molar-refractivity contribution in [3.63, 3.8) is 0 Å². The Balaban J connectivity index is 1.48. The average Bonchev–Trinajstić information content (AvgIpc) is 3.31. The van der Waals surface area contributed by atoms with Crippen LogP contribution < -0.4 is 15.5 Å². The van der Waals surface area contributed by atoms with Crippen LogP contribution in [0.4, 0.5) is 21.5 Å². The molecule has 2 heterocycles. The lowest BCUT2D eigenvalue weighted by Gasteiger charge is -2.19. The quantitative estimate of drug-likeness (QED) is 0.610. The van der Waals surface area contributed by atoms with E-state index in [1.807, 2.05) is 12.1 Å². The van der Waals surface area contributed by atoms with E-state index < -0.39 is 17.8 Å². The number of furan rings is 1. The molecule has 3 aromatic rings. The van der Waals surface area contributed by atoms with E-state index in [9.17, 15) is 14.0 Å². The smallest absolute Gasteiger partial charge is 0.259 e. The van der Waals surface area contributed by atoms with E-state index in [1.165, 1.54) is 30.5 Å². The zero-order valence-corrected chi connectivity index (χ0v) is 16.9. The molecule has 1 unspecified atom stereocenters. The van der Waals surface area contributed by atoms with Crippen molar-refractivity contribution in [2.45, 2.75) is 19.4 Å². The lowest BCUT2D eigenvalue weighted by molar-refractivity contribution is -0.117. The number of hydrogen-bond acceptors (Lipinski definition) is 4. The molecule has 154 valence electrons. The van der Waals surface area contributed by atoms with Crippen LogP contribution in [0.15, 0.2) is 59.2 Å². The molecule has 1 aliphatic rings. The Kier molecular flexibility index (Phi) is 5.46. The van der Waals surface area contributed by atoms with Gasteiger partial charge < -0.3 is 20.0 Å². The normalized spacial score (nSPS) is 16.0. The van der Waals surface area contributed by atoms with Crippen LogP contribution in [0.2, 0.25) is 5.02 Å². The standard InChI is InChI=1S/C22H19ClFN3O3/c1-13-15(9-11-30-13)21(28)26-19-12-14(6-7-17(19)24)25-18-8-10-27(22(18)29)20-5-3-2-4-16(20)23/h2-7,9,11-12,18,25H,8,10H2,1H3,(H,26,28). The van der Waals surface area contributed by atoms with Gasteiger partial charge in [-0.1, -0.05) is 23.7 Å². The summed E-state index contributed by atoms with van der Waals surface area (Å²) in [5, 5.41) is 6.18. The Morgan fingerprint density at radius 1 is 1.23 bits per heavy atom. The van der Waals surface area contributed by atoms with Crippen LogP contribution in [0.5, 0.6) is 0 Å². The van der Waals surface area contributed by atoms with E-state index in [1.54, 1.807) is 24.0 Å². The summed E-state index contributed by atoms with van der Waals surface area (Å²) < 4.78 is 19.3. The number of rotatable bonds is 5. The van der Waals surface area contributed by atoms with E-state index in [4.69, 9.17) is 16.0 Å². The molecule has 0 aliphatic carbocycles. The monoisotopic (exact) mass is 427 g/mol. The molecule has 1 fully saturated rings. The number of carbonyl (C=O) groups is 2. The van der Waals surface area contributed by atoms with E-state index in [0.717, 1.165) is 0 Å². The highest BCUT2D eigenvalue weighted by Crippen LogP contribution is 2.30. The fourth-order valence-electron chi connectivity index (χ4n) is 3.45. The molecule has 1 saturated heterocycles. The first-order valence-electron chi connectivity index (χ1n) is 9.41. The maximum atomic E-state index is 14.2. The summed E-state index contributed by atoms with van der Waals surface area (Å²) in [7, 11) is 0. The third-order valence-corrected chi connectivity index (χ3v) is 5.33. The molecule has 2 aromatic carbocycles. The van der Waals surface area contributed by atoms with E-state index in [0.29, 0.717) is 40.7 Å². The maximum Gasteiger partial charge on any atom is 0.259 e. The molecule has 4 rings (SSSR count). The number of benzene rings is 2. The zero-order valence-electron chi connectivity index (χ0n) is 16.1. The molecule has 1 aromatic heterocycles. The van der Waals surface area contributed by atoms with Gasteiger partial charge in [0.1, 0.15) is 17.6 Å². The largest absolute Gasteiger partial charge is 0.469 e. The Hall–Kier alpha value is -3.32. The van der Waals surface area contributed by atoms with Crippen LogP contribution in [0.3, 0.4) is 0 Å². The summed E-state index contributed by atoms with van der Waals surface area (Å²) in [6, 6.07) is 12.4. The van der Waals surface area contributed by atoms with Gasteiger partial charge in [-0.3, -0.25) is 9.59 Å². The molecular weight excluding hydrogens is 409 g/mol. The van der Waals surface area contributed by atoms with E-state index >= 15 is 0 Å². The molecule has 0 saturated carbocycles. The molecule has 8 heteroatoms. The van der Waals surface area contributed by atoms with E-state index in [-0.39, 0.29) is 11.6 Å². The van der Waals surface area contributed by atoms with Crippen molar-refractivity contribution < 1.29 is 18.4 Å². The lowest BCUT2D eigenvalue weighted by Crippen LogP contribution is -2.33. The van der Waals surface area contributed by atoms with Crippen molar-refractivity contribution in [3.8, 4) is 0 Å². The number of carbonyl (C=O) groups excluding carboxylic acids is 2. The SMILES string of the molecule is Cc1occc1C(=O)Nc1cc(NC2CCN(c3ccccc3Cl)C2=O)ccc1F. The summed E-state index contributed by atoms with van der Waals surface area (Å²) in [5.74, 6) is -0.727. The van der Waals surface area contributed by atoms with Gasteiger partial charge in [-0.25, -0.2) is 4.39 Å². The highest BCUT2D eigenvalue weighted by molar-refractivity contribution is 6.34. The number of nitrogens with zero attached hydrogens (tertiary/aromatic N) is 1. The van der Waals surface area contributed by atoms with Gasteiger partial charge in [0.15, 0.2) is 0 Å². The Bertz CT molecular complexity index is 1110. The third kappa shape index (κ3) is 3.89. The van der Waals surface area contributed by atoms with Gasteiger partial charge in [-0.05, 0) is 49.7 Å². The van der Waals surface area contributed by atoms with Crippen LogP contribution in [-0.2, 0) is 4.79 Å². The summed E-state index contributed by atoms with van der Waals surface area (Å²) in [6.07, 6.45) is 1.96. The van der Waals surface area contributed by atoms with Crippen LogP contribution >= 0.6 is 11.6 Å². The summed E-state index contributed by atoms with van der Waals surface area (Å²) in [4.78, 5) is 26.8. The van der Waals surface area contributed by atoms with Gasteiger partial charge in [0, 0.05) is 12.2 Å². The maximum absolute atomic E-state index is 14.2. The molecule has 2 N–H and O–H groups in total. The fraction of sp³-hybridized carbons (Fsp3) is 0.182. The lowest BCUT2D eigenvalue weighted by atomic mass is 10.2. The average molecular weight is 428 g/mol. The number of amides is 2. The molecule has 0 radical (unpaired) electrons. The molecule has 0 spiro atoms. The van der Waals surface area contributed by atoms with E-state index in [2.05, 4.69) is 10.6 Å². The first-order valence-corrected chi connectivity index (χ1v) is 9.79. The number of halogens is 2. The van der Waals surface area contributed by atoms with Gasteiger partial charge in [-0.2, -0.15) is 0 Å².